The number of fused-ring (bicyclic) bond motifs is 2. The van der Waals surface area contributed by atoms with Crippen LogP contribution < -0.4 is 10.6 Å². The molecule has 0 amide bonds. The average Bonchev–Trinajstić information content (AvgIpc) is 2.81. The van der Waals surface area contributed by atoms with E-state index >= 15 is 0 Å². The number of nitrogens with one attached hydrogen (secondary N) is 2. The number of anilines is 2. The molecule has 0 unspecified atom stereocenters. The lowest BCUT2D eigenvalue weighted by atomic mass is 9.63. The van der Waals surface area contributed by atoms with Crippen LogP contribution in [0.25, 0.3) is 5.76 Å². The van der Waals surface area contributed by atoms with Gasteiger partial charge in [0.1, 0.15) is 22.8 Å². The topological polar surface area (TPSA) is 138 Å². The third-order valence-electron chi connectivity index (χ3n) is 6.31. The number of carbonyl (C=O) groups is 1. The van der Waals surface area contributed by atoms with Crippen molar-refractivity contribution in [3.8, 4) is 6.07 Å². The van der Waals surface area contributed by atoms with Crippen molar-refractivity contribution >= 4 is 39.5 Å². The monoisotopic (exact) mass is 480 g/mol. The molecular weight excluding hydrogens is 452 g/mol. The van der Waals surface area contributed by atoms with E-state index in [-0.39, 0.29) is 34.4 Å². The number of ketones is 1. The van der Waals surface area contributed by atoms with Crippen molar-refractivity contribution in [2.75, 3.05) is 17.2 Å². The first-order valence-electron chi connectivity index (χ1n) is 11.3. The molecule has 5 N–H and O–H groups in total. The molecule has 8 nitrogen and oxygen atoms in total. The first-order valence-corrected chi connectivity index (χ1v) is 12.8. The molecule has 2 aromatic carbocycles. The van der Waals surface area contributed by atoms with Gasteiger partial charge in [-0.3, -0.25) is 13.9 Å². The maximum Gasteiger partial charge on any atom is 0.180 e. The summed E-state index contributed by atoms with van der Waals surface area (Å²) in [5, 5.41) is 25.9. The van der Waals surface area contributed by atoms with Crippen LogP contribution in [0.1, 0.15) is 50.7 Å². The van der Waals surface area contributed by atoms with Gasteiger partial charge in [-0.1, -0.05) is 61.7 Å². The van der Waals surface area contributed by atoms with Crippen LogP contribution in [-0.2, 0) is 10.2 Å². The molecule has 178 valence electrons. The zero-order chi connectivity index (χ0) is 24.5. The van der Waals surface area contributed by atoms with Gasteiger partial charge in [-0.05, 0) is 36.6 Å². The Morgan fingerprint density at radius 2 is 1.85 bits per heavy atom. The quantitative estimate of drug-likeness (QED) is 0.313. The lowest BCUT2D eigenvalue weighted by Gasteiger charge is -2.40. The van der Waals surface area contributed by atoms with E-state index in [1.807, 2.05) is 32.0 Å². The second-order valence-electron chi connectivity index (χ2n) is 8.49. The van der Waals surface area contributed by atoms with E-state index in [1.54, 1.807) is 24.3 Å². The molecule has 0 bridgehead atoms. The fourth-order valence-electron chi connectivity index (χ4n) is 4.94. The number of nitriles is 1. The van der Waals surface area contributed by atoms with E-state index < -0.39 is 16.2 Å². The van der Waals surface area contributed by atoms with Gasteiger partial charge in [-0.2, -0.15) is 5.26 Å². The zero-order valence-electron chi connectivity index (χ0n) is 19.1. The largest absolute Gasteiger partial charge is 0.506 e. The van der Waals surface area contributed by atoms with Crippen molar-refractivity contribution in [1.82, 2.24) is 0 Å². The molecule has 2 aromatic rings. The molecule has 0 saturated heterocycles. The number of benzene rings is 2. The van der Waals surface area contributed by atoms with Crippen molar-refractivity contribution in [2.45, 2.75) is 49.8 Å². The third kappa shape index (κ3) is 3.84. The van der Waals surface area contributed by atoms with Gasteiger partial charge in [0.15, 0.2) is 11.6 Å². The van der Waals surface area contributed by atoms with Gasteiger partial charge < -0.3 is 15.7 Å². The van der Waals surface area contributed by atoms with Crippen LogP contribution in [0.2, 0.25) is 0 Å². The molecule has 9 heteroatoms. The summed E-state index contributed by atoms with van der Waals surface area (Å²) in [6.45, 7) is 4.10. The summed E-state index contributed by atoms with van der Waals surface area (Å²) in [4.78, 5) is 14.2. The van der Waals surface area contributed by atoms with Crippen LogP contribution >= 0.6 is 10.8 Å². The Kier molecular flexibility index (Phi) is 6.41. The normalized spacial score (nSPS) is 18.7. The second kappa shape index (κ2) is 9.14. The summed E-state index contributed by atoms with van der Waals surface area (Å²) in [5.74, 6) is -0.552. The molecule has 0 radical (unpaired) electrons. The molecule has 4 rings (SSSR count). The zero-order valence-corrected chi connectivity index (χ0v) is 19.9. The lowest BCUT2D eigenvalue weighted by Crippen LogP contribution is -2.44. The minimum Gasteiger partial charge on any atom is -0.506 e. The Morgan fingerprint density at radius 3 is 2.53 bits per heavy atom. The molecule has 0 atom stereocenters. The number of rotatable bonds is 7. The van der Waals surface area contributed by atoms with Crippen LogP contribution in [0.4, 0.5) is 11.4 Å². The van der Waals surface area contributed by atoms with E-state index in [1.165, 1.54) is 6.07 Å². The molecular formula is C25H28N4O4S. The fraction of sp³-hybridized carbons (Fsp3) is 0.320. The number of hydrogen-bond donors (Lipinski definition) is 5. The van der Waals surface area contributed by atoms with Crippen molar-refractivity contribution in [3.63, 3.8) is 0 Å². The molecule has 2 aliphatic rings. The number of aliphatic hydroxyl groups excluding tert-OH is 1. The number of aliphatic hydroxyl groups is 1. The highest BCUT2D eigenvalue weighted by Gasteiger charge is 2.48. The Morgan fingerprint density at radius 1 is 1.15 bits per heavy atom. The standard InChI is InChI=1S/C25H28N4O4S/c1-3-11-25(12-4-2)18-8-6-5-7-17(18)22(30)21(23(25)31)24-28-19-10-9-16(27-14-13-26)15-20(19)34(32,33)29-24/h5-10,15,27,30,32-33H,3-4,11-12,14H2,1-2H3,(H,28,29). The molecule has 0 saturated carbocycles. The van der Waals surface area contributed by atoms with Gasteiger partial charge in [0.05, 0.1) is 17.2 Å². The molecule has 1 aliphatic carbocycles. The predicted molar refractivity (Wildman–Crippen MR) is 135 cm³/mol. The first-order chi connectivity index (χ1) is 16.3. The molecule has 1 aliphatic heterocycles. The Hall–Kier alpha value is -3.32. The average molecular weight is 481 g/mol. The van der Waals surface area contributed by atoms with Crippen LogP contribution in [0.5, 0.6) is 0 Å². The van der Waals surface area contributed by atoms with E-state index in [0.717, 1.165) is 18.4 Å². The summed E-state index contributed by atoms with van der Waals surface area (Å²) in [5.41, 5.74) is 1.40. The number of carbonyl (C=O) groups excluding carboxylic acids is 1. The van der Waals surface area contributed by atoms with E-state index in [0.29, 0.717) is 29.8 Å². The highest BCUT2D eigenvalue weighted by atomic mass is 32.3. The van der Waals surface area contributed by atoms with E-state index in [2.05, 4.69) is 15.0 Å². The van der Waals surface area contributed by atoms with Gasteiger partial charge in [0.25, 0.3) is 0 Å². The Labute approximate surface area is 200 Å². The summed E-state index contributed by atoms with van der Waals surface area (Å²) >= 11 is 0. The summed E-state index contributed by atoms with van der Waals surface area (Å²) < 4.78 is 25.9. The lowest BCUT2D eigenvalue weighted by molar-refractivity contribution is -0.121. The van der Waals surface area contributed by atoms with Crippen molar-refractivity contribution < 1.29 is 19.0 Å². The molecule has 1 heterocycles. The van der Waals surface area contributed by atoms with Gasteiger partial charge in [0, 0.05) is 11.3 Å². The fourth-order valence-corrected chi connectivity index (χ4v) is 6.13. The van der Waals surface area contributed by atoms with Crippen molar-refractivity contribution in [1.29, 1.82) is 5.26 Å². The maximum absolute atomic E-state index is 14.1. The van der Waals surface area contributed by atoms with E-state index in [9.17, 15) is 19.0 Å². The second-order valence-corrected chi connectivity index (χ2v) is 10.1. The predicted octanol–water partition coefficient (Wildman–Crippen LogP) is 5.86. The summed E-state index contributed by atoms with van der Waals surface area (Å²) in [7, 11) is -3.67. The van der Waals surface area contributed by atoms with Crippen LogP contribution in [-0.4, -0.2) is 32.4 Å². The van der Waals surface area contributed by atoms with Crippen LogP contribution in [0.15, 0.2) is 57.3 Å². The summed E-state index contributed by atoms with van der Waals surface area (Å²) in [6, 6.07) is 14.1. The number of amidine groups is 1. The van der Waals surface area contributed by atoms with Crippen LogP contribution in [0.3, 0.4) is 0 Å². The van der Waals surface area contributed by atoms with Gasteiger partial charge in [-0.25, -0.2) is 0 Å². The highest BCUT2D eigenvalue weighted by Crippen LogP contribution is 2.57. The maximum atomic E-state index is 14.1. The number of Topliss-reactive ketones (excluding diaryl/α,β-unsaturated/α-hetero) is 1. The van der Waals surface area contributed by atoms with Gasteiger partial charge in [0.2, 0.25) is 0 Å². The molecule has 0 spiro atoms. The minimum atomic E-state index is -3.67. The number of nitrogens with zero attached hydrogens (tertiary/aromatic N) is 2. The Balaban J connectivity index is 1.86. The Bertz CT molecular complexity index is 1240. The SMILES string of the molecule is CCCC1(CCC)C(=O)C(C2=NS(O)(O)c3cc(NCC#N)ccc3N2)=C(O)c2ccccc21. The highest BCUT2D eigenvalue weighted by molar-refractivity contribution is 8.23. The van der Waals surface area contributed by atoms with E-state index in [4.69, 9.17) is 5.26 Å². The molecule has 0 aromatic heterocycles. The van der Waals surface area contributed by atoms with Crippen molar-refractivity contribution in [3.05, 3.63) is 59.2 Å². The first kappa shape index (κ1) is 23.8. The molecule has 0 fully saturated rings. The van der Waals surface area contributed by atoms with Crippen LogP contribution in [0, 0.1) is 11.3 Å². The van der Waals surface area contributed by atoms with Crippen molar-refractivity contribution in [2.24, 2.45) is 4.40 Å². The minimum absolute atomic E-state index is 0.0297. The smallest absolute Gasteiger partial charge is 0.180 e. The van der Waals surface area contributed by atoms with Gasteiger partial charge in [-0.15, -0.1) is 4.40 Å². The third-order valence-corrected chi connectivity index (χ3v) is 7.67. The van der Waals surface area contributed by atoms with Gasteiger partial charge >= 0.3 is 0 Å². The molecule has 34 heavy (non-hydrogen) atoms. The number of hydrogen-bond acceptors (Lipinski definition) is 8. The summed E-state index contributed by atoms with van der Waals surface area (Å²) in [6.07, 6.45) is 2.73.